The molecule has 2 aromatic rings. The van der Waals surface area contributed by atoms with Crippen LogP contribution < -0.4 is 0 Å². The number of rotatable bonds is 3. The molecule has 1 heterocycles. The van der Waals surface area contributed by atoms with Crippen LogP contribution in [0, 0.1) is 14.9 Å². The van der Waals surface area contributed by atoms with Gasteiger partial charge >= 0.3 is 0 Å². The van der Waals surface area contributed by atoms with Crippen molar-refractivity contribution in [2.75, 3.05) is 0 Å². The summed E-state index contributed by atoms with van der Waals surface area (Å²) in [7, 11) is 0. The molecule has 0 radical (unpaired) electrons. The largest absolute Gasteiger partial charge is 0.466 e. The van der Waals surface area contributed by atoms with E-state index in [1.54, 1.807) is 0 Å². The lowest BCUT2D eigenvalue weighted by Gasteiger charge is -2.35. The fourth-order valence-corrected chi connectivity index (χ4v) is 2.97. The molecule has 0 fully saturated rings. The molecular formula is C18H15IN2O. The molecule has 0 aromatic heterocycles. The number of ether oxygens (including phenoxy) is 1. The van der Waals surface area contributed by atoms with Crippen LogP contribution in [0.2, 0.25) is 0 Å². The first-order valence-corrected chi connectivity index (χ1v) is 8.20. The average molecular weight is 402 g/mol. The monoisotopic (exact) mass is 402 g/mol. The lowest BCUT2D eigenvalue weighted by Crippen LogP contribution is -2.32. The molecule has 4 heteroatoms. The maximum Gasteiger partial charge on any atom is 0.222 e. The molecule has 0 N–H and O–H groups in total. The van der Waals surface area contributed by atoms with Gasteiger partial charge in [0.25, 0.3) is 0 Å². The van der Waals surface area contributed by atoms with Gasteiger partial charge in [-0.1, -0.05) is 18.2 Å². The third-order valence-electron chi connectivity index (χ3n) is 3.82. The Hall–Kier alpha value is -1.87. The molecule has 1 unspecified atom stereocenters. The first-order valence-electron chi connectivity index (χ1n) is 7.12. The lowest BCUT2D eigenvalue weighted by atomic mass is 9.88. The van der Waals surface area contributed by atoms with Crippen LogP contribution >= 0.6 is 22.6 Å². The highest BCUT2D eigenvalue weighted by Gasteiger charge is 2.35. The van der Waals surface area contributed by atoms with E-state index in [2.05, 4.69) is 33.7 Å². The summed E-state index contributed by atoms with van der Waals surface area (Å²) < 4.78 is 7.40. The maximum absolute atomic E-state index is 8.94. The number of hydrogen-bond acceptors (Lipinski definition) is 3. The molecule has 0 bridgehead atoms. The molecule has 0 aliphatic carbocycles. The first-order chi connectivity index (χ1) is 10.6. The third-order valence-corrected chi connectivity index (χ3v) is 4.54. The minimum atomic E-state index is -0.521. The van der Waals surface area contributed by atoms with Crippen molar-refractivity contribution >= 4 is 34.2 Å². The number of nitrogens with zero attached hydrogens (tertiary/aromatic N) is 2. The molecular weight excluding hydrogens is 387 g/mol. The van der Waals surface area contributed by atoms with E-state index in [9.17, 15) is 0 Å². The summed E-state index contributed by atoms with van der Waals surface area (Å²) in [5.74, 6) is 0.621. The van der Waals surface area contributed by atoms with Crippen molar-refractivity contribution in [3.63, 3.8) is 0 Å². The number of fused-ring (bicyclic) bond motifs is 1. The number of halogens is 1. The molecule has 110 valence electrons. The van der Waals surface area contributed by atoms with Crippen molar-refractivity contribution < 1.29 is 4.74 Å². The van der Waals surface area contributed by atoms with Crippen molar-refractivity contribution in [3.05, 3.63) is 63.2 Å². The van der Waals surface area contributed by atoms with Crippen molar-refractivity contribution in [2.24, 2.45) is 4.99 Å². The Morgan fingerprint density at radius 2 is 1.91 bits per heavy atom. The summed E-state index contributed by atoms with van der Waals surface area (Å²) >= 11 is 2.28. The summed E-state index contributed by atoms with van der Waals surface area (Å²) in [6.07, 6.45) is 1.09. The Morgan fingerprint density at radius 1 is 1.18 bits per heavy atom. The molecule has 1 aliphatic rings. The second-order valence-electron chi connectivity index (χ2n) is 5.43. The highest BCUT2D eigenvalue weighted by Crippen LogP contribution is 2.41. The molecule has 0 spiro atoms. The van der Waals surface area contributed by atoms with Crippen LogP contribution in [0.4, 0.5) is 5.69 Å². The van der Waals surface area contributed by atoms with Gasteiger partial charge in [-0.15, -0.1) is 0 Å². The van der Waals surface area contributed by atoms with Crippen LogP contribution in [-0.2, 0) is 10.3 Å². The Morgan fingerprint density at radius 3 is 2.64 bits per heavy atom. The molecule has 1 aliphatic heterocycles. The topological polar surface area (TPSA) is 45.4 Å². The zero-order chi connectivity index (χ0) is 15.6. The van der Waals surface area contributed by atoms with E-state index in [0.29, 0.717) is 18.7 Å². The Kier molecular flexibility index (Phi) is 4.16. The number of aliphatic imine (C=N–C) groups is 1. The highest BCUT2D eigenvalue weighted by atomic mass is 127. The van der Waals surface area contributed by atoms with Crippen LogP contribution in [0.3, 0.4) is 0 Å². The van der Waals surface area contributed by atoms with Crippen molar-refractivity contribution in [2.45, 2.75) is 25.4 Å². The second-order valence-corrected chi connectivity index (χ2v) is 6.68. The van der Waals surface area contributed by atoms with Crippen LogP contribution in [0.25, 0.3) is 0 Å². The standard InChI is InChI=1S/C18H15IN2O/c1-18(11-4-12-20)15-5-2-3-6-16(15)21-17(22-18)13-7-9-14(19)10-8-13/h2-3,5-10H,4,11H2,1H3. The van der Waals surface area contributed by atoms with Gasteiger partial charge in [0.1, 0.15) is 5.60 Å². The highest BCUT2D eigenvalue weighted by molar-refractivity contribution is 14.1. The van der Waals surface area contributed by atoms with Gasteiger partial charge in [-0.05, 0) is 59.8 Å². The Bertz CT molecular complexity index is 761. The lowest BCUT2D eigenvalue weighted by molar-refractivity contribution is 0.0621. The van der Waals surface area contributed by atoms with Crippen LogP contribution in [0.5, 0.6) is 0 Å². The van der Waals surface area contributed by atoms with E-state index in [1.165, 1.54) is 3.57 Å². The predicted molar refractivity (Wildman–Crippen MR) is 95.1 cm³/mol. The number of para-hydroxylation sites is 1. The quantitative estimate of drug-likeness (QED) is 0.685. The Labute approximate surface area is 143 Å². The van der Waals surface area contributed by atoms with Gasteiger partial charge in [0.05, 0.1) is 11.8 Å². The van der Waals surface area contributed by atoms with E-state index in [4.69, 9.17) is 10.00 Å². The average Bonchev–Trinajstić information content (AvgIpc) is 2.54. The van der Waals surface area contributed by atoms with E-state index in [-0.39, 0.29) is 0 Å². The number of benzene rings is 2. The second kappa shape index (κ2) is 6.09. The normalized spacial score (nSPS) is 19.6. The van der Waals surface area contributed by atoms with Gasteiger partial charge in [0, 0.05) is 27.5 Å². The van der Waals surface area contributed by atoms with Crippen molar-refractivity contribution in [1.29, 1.82) is 5.26 Å². The molecule has 2 aromatic carbocycles. The molecule has 1 atom stereocenters. The minimum absolute atomic E-state index is 0.449. The Balaban J connectivity index is 2.06. The van der Waals surface area contributed by atoms with Gasteiger partial charge in [0.2, 0.25) is 5.90 Å². The zero-order valence-corrected chi connectivity index (χ0v) is 14.4. The fraction of sp³-hybridized carbons (Fsp3) is 0.222. The number of hydrogen-bond donors (Lipinski definition) is 0. The molecule has 0 saturated carbocycles. The zero-order valence-electron chi connectivity index (χ0n) is 12.2. The predicted octanol–water partition coefficient (Wildman–Crippen LogP) is 4.92. The molecule has 3 nitrogen and oxygen atoms in total. The van der Waals surface area contributed by atoms with Crippen LogP contribution in [0.15, 0.2) is 53.5 Å². The van der Waals surface area contributed by atoms with Crippen molar-refractivity contribution in [1.82, 2.24) is 0 Å². The summed E-state index contributed by atoms with van der Waals surface area (Å²) in [6.45, 7) is 2.03. The van der Waals surface area contributed by atoms with Gasteiger partial charge in [0.15, 0.2) is 0 Å². The molecule has 0 saturated heterocycles. The number of nitriles is 1. The summed E-state index contributed by atoms with van der Waals surface area (Å²) in [4.78, 5) is 4.66. The smallest absolute Gasteiger partial charge is 0.222 e. The molecule has 0 amide bonds. The summed E-state index contributed by atoms with van der Waals surface area (Å²) in [5.41, 5.74) is 2.40. The molecule has 22 heavy (non-hydrogen) atoms. The van der Waals surface area contributed by atoms with E-state index >= 15 is 0 Å². The van der Waals surface area contributed by atoms with Gasteiger partial charge < -0.3 is 4.74 Å². The van der Waals surface area contributed by atoms with Gasteiger partial charge in [-0.25, -0.2) is 4.99 Å². The van der Waals surface area contributed by atoms with E-state index < -0.39 is 5.60 Å². The van der Waals surface area contributed by atoms with E-state index in [0.717, 1.165) is 16.8 Å². The first kappa shape index (κ1) is 15.0. The van der Waals surface area contributed by atoms with Crippen LogP contribution in [-0.4, -0.2) is 5.90 Å². The minimum Gasteiger partial charge on any atom is -0.466 e. The van der Waals surface area contributed by atoms with Gasteiger partial charge in [-0.2, -0.15) is 5.26 Å². The SMILES string of the molecule is CC1(CCC#N)OC(c2ccc(I)cc2)=Nc2ccccc21. The van der Waals surface area contributed by atoms with Crippen molar-refractivity contribution in [3.8, 4) is 6.07 Å². The van der Waals surface area contributed by atoms with Gasteiger partial charge in [-0.3, -0.25) is 0 Å². The third kappa shape index (κ3) is 2.86. The van der Waals surface area contributed by atoms with E-state index in [1.807, 2.05) is 55.5 Å². The van der Waals surface area contributed by atoms with Crippen LogP contribution in [0.1, 0.15) is 30.9 Å². The summed E-state index contributed by atoms with van der Waals surface area (Å²) in [6, 6.07) is 18.3. The fourth-order valence-electron chi connectivity index (χ4n) is 2.61. The molecule has 3 rings (SSSR count). The summed E-state index contributed by atoms with van der Waals surface area (Å²) in [5, 5.41) is 8.94. The maximum atomic E-state index is 8.94.